The van der Waals surface area contributed by atoms with Gasteiger partial charge in [0.25, 0.3) is 0 Å². The molecule has 0 saturated carbocycles. The summed E-state index contributed by atoms with van der Waals surface area (Å²) in [5.41, 5.74) is 2.45. The zero-order chi connectivity index (χ0) is 14.9. The van der Waals surface area contributed by atoms with Crippen molar-refractivity contribution >= 4 is 0 Å². The van der Waals surface area contributed by atoms with E-state index >= 15 is 0 Å². The van der Waals surface area contributed by atoms with E-state index < -0.39 is 0 Å². The Hall–Kier alpha value is -1.80. The summed E-state index contributed by atoms with van der Waals surface area (Å²) in [7, 11) is 0. The van der Waals surface area contributed by atoms with Gasteiger partial charge in [0.2, 0.25) is 0 Å². The van der Waals surface area contributed by atoms with Crippen molar-refractivity contribution in [2.24, 2.45) is 0 Å². The van der Waals surface area contributed by atoms with Gasteiger partial charge in [0.15, 0.2) is 0 Å². The molecule has 0 aliphatic rings. The molecule has 2 heteroatoms. The SMILES string of the molecule is CCCCNCC(C)Oc1ccc(-c2ccccc2)cc1. The van der Waals surface area contributed by atoms with Crippen molar-refractivity contribution in [2.45, 2.75) is 32.8 Å². The molecule has 1 atom stereocenters. The number of rotatable bonds is 8. The minimum Gasteiger partial charge on any atom is -0.489 e. The van der Waals surface area contributed by atoms with E-state index in [9.17, 15) is 0 Å². The summed E-state index contributed by atoms with van der Waals surface area (Å²) < 4.78 is 5.92. The predicted molar refractivity (Wildman–Crippen MR) is 89.7 cm³/mol. The lowest BCUT2D eigenvalue weighted by Crippen LogP contribution is -2.29. The van der Waals surface area contributed by atoms with E-state index in [1.54, 1.807) is 0 Å². The fraction of sp³-hybridized carbons (Fsp3) is 0.368. The molecule has 0 saturated heterocycles. The minimum absolute atomic E-state index is 0.185. The number of hydrogen-bond donors (Lipinski definition) is 1. The highest BCUT2D eigenvalue weighted by Crippen LogP contribution is 2.22. The van der Waals surface area contributed by atoms with E-state index in [4.69, 9.17) is 4.74 Å². The second kappa shape index (κ2) is 8.48. The standard InChI is InChI=1S/C19H25NO/c1-3-4-14-20-15-16(2)21-19-12-10-18(11-13-19)17-8-6-5-7-9-17/h5-13,16,20H,3-4,14-15H2,1-2H3. The van der Waals surface area contributed by atoms with Crippen molar-refractivity contribution < 1.29 is 4.74 Å². The monoisotopic (exact) mass is 283 g/mol. The van der Waals surface area contributed by atoms with Crippen LogP contribution in [0.5, 0.6) is 5.75 Å². The Morgan fingerprint density at radius 2 is 1.62 bits per heavy atom. The van der Waals surface area contributed by atoms with E-state index in [0.29, 0.717) is 0 Å². The van der Waals surface area contributed by atoms with Crippen molar-refractivity contribution in [3.05, 3.63) is 54.6 Å². The molecule has 21 heavy (non-hydrogen) atoms. The van der Waals surface area contributed by atoms with Gasteiger partial charge in [0, 0.05) is 6.54 Å². The zero-order valence-electron chi connectivity index (χ0n) is 13.0. The summed E-state index contributed by atoms with van der Waals surface area (Å²) >= 11 is 0. The quantitative estimate of drug-likeness (QED) is 0.720. The highest BCUT2D eigenvalue weighted by molar-refractivity contribution is 5.63. The molecular weight excluding hydrogens is 258 g/mol. The summed E-state index contributed by atoms with van der Waals surface area (Å²) in [4.78, 5) is 0. The van der Waals surface area contributed by atoms with Gasteiger partial charge in [-0.1, -0.05) is 55.8 Å². The first kappa shape index (κ1) is 15.6. The lowest BCUT2D eigenvalue weighted by Gasteiger charge is -2.15. The van der Waals surface area contributed by atoms with Gasteiger partial charge >= 0.3 is 0 Å². The molecule has 2 rings (SSSR count). The fourth-order valence-corrected chi connectivity index (χ4v) is 2.24. The van der Waals surface area contributed by atoms with Crippen LogP contribution in [0.2, 0.25) is 0 Å². The average Bonchev–Trinajstić information content (AvgIpc) is 2.53. The van der Waals surface area contributed by atoms with Crippen LogP contribution in [0.4, 0.5) is 0 Å². The Kier molecular flexibility index (Phi) is 6.29. The summed E-state index contributed by atoms with van der Waals surface area (Å²) in [6, 6.07) is 18.7. The van der Waals surface area contributed by atoms with Crippen molar-refractivity contribution in [1.29, 1.82) is 0 Å². The minimum atomic E-state index is 0.185. The van der Waals surface area contributed by atoms with Gasteiger partial charge in [0.05, 0.1) is 0 Å². The molecule has 0 amide bonds. The van der Waals surface area contributed by atoms with Crippen molar-refractivity contribution in [3.8, 4) is 16.9 Å². The number of hydrogen-bond acceptors (Lipinski definition) is 2. The maximum Gasteiger partial charge on any atom is 0.119 e. The van der Waals surface area contributed by atoms with E-state index in [2.05, 4.69) is 55.6 Å². The van der Waals surface area contributed by atoms with Gasteiger partial charge in [-0.15, -0.1) is 0 Å². The number of benzene rings is 2. The van der Waals surface area contributed by atoms with Crippen LogP contribution in [0.3, 0.4) is 0 Å². The normalized spacial score (nSPS) is 12.1. The molecule has 1 unspecified atom stereocenters. The highest BCUT2D eigenvalue weighted by atomic mass is 16.5. The van der Waals surface area contributed by atoms with E-state index in [-0.39, 0.29) is 6.10 Å². The third kappa shape index (κ3) is 5.24. The molecule has 2 aromatic carbocycles. The van der Waals surface area contributed by atoms with Gasteiger partial charge < -0.3 is 10.1 Å². The first-order chi connectivity index (χ1) is 10.3. The average molecular weight is 283 g/mol. The van der Waals surface area contributed by atoms with Gasteiger partial charge in [-0.25, -0.2) is 0 Å². The van der Waals surface area contributed by atoms with Gasteiger partial charge in [-0.2, -0.15) is 0 Å². The maximum absolute atomic E-state index is 5.92. The van der Waals surface area contributed by atoms with Gasteiger partial charge in [0.1, 0.15) is 11.9 Å². The van der Waals surface area contributed by atoms with Crippen LogP contribution < -0.4 is 10.1 Å². The topological polar surface area (TPSA) is 21.3 Å². The molecule has 0 bridgehead atoms. The van der Waals surface area contributed by atoms with Crippen LogP contribution in [0.15, 0.2) is 54.6 Å². The van der Waals surface area contributed by atoms with Crippen LogP contribution in [0.1, 0.15) is 26.7 Å². The number of nitrogens with one attached hydrogen (secondary N) is 1. The summed E-state index contributed by atoms with van der Waals surface area (Å²) in [6.07, 6.45) is 2.63. The van der Waals surface area contributed by atoms with Crippen LogP contribution in [-0.2, 0) is 0 Å². The number of unbranched alkanes of at least 4 members (excludes halogenated alkanes) is 1. The molecule has 0 aromatic heterocycles. The van der Waals surface area contributed by atoms with Gasteiger partial charge in [-0.3, -0.25) is 0 Å². The molecule has 2 aromatic rings. The predicted octanol–water partition coefficient (Wildman–Crippen LogP) is 4.51. The lowest BCUT2D eigenvalue weighted by atomic mass is 10.1. The van der Waals surface area contributed by atoms with Crippen LogP contribution in [-0.4, -0.2) is 19.2 Å². The molecular formula is C19H25NO. The van der Waals surface area contributed by atoms with Crippen molar-refractivity contribution in [3.63, 3.8) is 0 Å². The molecule has 0 fully saturated rings. The Labute approximate surface area is 128 Å². The summed E-state index contributed by atoms with van der Waals surface area (Å²) in [5.74, 6) is 0.930. The zero-order valence-corrected chi connectivity index (χ0v) is 13.0. The first-order valence-electron chi connectivity index (χ1n) is 7.82. The van der Waals surface area contributed by atoms with Crippen LogP contribution in [0, 0.1) is 0 Å². The van der Waals surface area contributed by atoms with Crippen molar-refractivity contribution in [2.75, 3.05) is 13.1 Å². The summed E-state index contributed by atoms with van der Waals surface area (Å²) in [6.45, 7) is 6.26. The van der Waals surface area contributed by atoms with Gasteiger partial charge in [-0.05, 0) is 43.1 Å². The van der Waals surface area contributed by atoms with E-state index in [0.717, 1.165) is 18.8 Å². The highest BCUT2D eigenvalue weighted by Gasteiger charge is 2.04. The Bertz CT molecular complexity index is 507. The summed E-state index contributed by atoms with van der Waals surface area (Å²) in [5, 5.41) is 3.42. The molecule has 0 radical (unpaired) electrons. The maximum atomic E-state index is 5.92. The number of ether oxygens (including phenoxy) is 1. The second-order valence-electron chi connectivity index (χ2n) is 5.38. The Balaban J connectivity index is 1.85. The molecule has 0 aliphatic heterocycles. The molecule has 2 nitrogen and oxygen atoms in total. The molecule has 1 N–H and O–H groups in total. The molecule has 0 aliphatic carbocycles. The molecule has 0 heterocycles. The van der Waals surface area contributed by atoms with Crippen molar-refractivity contribution in [1.82, 2.24) is 5.32 Å². The Morgan fingerprint density at radius 1 is 0.952 bits per heavy atom. The lowest BCUT2D eigenvalue weighted by molar-refractivity contribution is 0.217. The second-order valence-corrected chi connectivity index (χ2v) is 5.38. The Morgan fingerprint density at radius 3 is 2.29 bits per heavy atom. The van der Waals surface area contributed by atoms with E-state index in [1.807, 2.05) is 18.2 Å². The van der Waals surface area contributed by atoms with Crippen LogP contribution in [0.25, 0.3) is 11.1 Å². The van der Waals surface area contributed by atoms with Crippen LogP contribution >= 0.6 is 0 Å². The third-order valence-electron chi connectivity index (χ3n) is 3.44. The van der Waals surface area contributed by atoms with E-state index in [1.165, 1.54) is 24.0 Å². The third-order valence-corrected chi connectivity index (χ3v) is 3.44. The molecule has 112 valence electrons. The largest absolute Gasteiger partial charge is 0.489 e. The molecule has 0 spiro atoms. The smallest absolute Gasteiger partial charge is 0.119 e. The fourth-order valence-electron chi connectivity index (χ4n) is 2.24. The first-order valence-corrected chi connectivity index (χ1v) is 7.82.